The van der Waals surface area contributed by atoms with Gasteiger partial charge in [-0.1, -0.05) is 58.1 Å². The number of rotatable bonds is 10. The van der Waals surface area contributed by atoms with Crippen molar-refractivity contribution < 1.29 is 9.22 Å². The molecule has 0 rings (SSSR count). The van der Waals surface area contributed by atoms with Crippen LogP contribution >= 0.6 is 0 Å². The highest BCUT2D eigenvalue weighted by Crippen LogP contribution is 2.36. The number of hydrogen-bond donors (Lipinski definition) is 1. The lowest BCUT2D eigenvalue weighted by molar-refractivity contribution is 0.278. The molecule has 2 nitrogen and oxygen atoms in total. The van der Waals surface area contributed by atoms with E-state index >= 15 is 0 Å². The van der Waals surface area contributed by atoms with Gasteiger partial charge in [-0.15, -0.1) is 0 Å². The second-order valence-electron chi connectivity index (χ2n) is 10.4. The molecule has 0 saturated carbocycles. The molecule has 0 aromatic carbocycles. The average Bonchev–Trinajstić information content (AvgIpc) is 2.32. The Balaban J connectivity index is 4.23. The summed E-state index contributed by atoms with van der Waals surface area (Å²) in [5.74, 6) is 0. The summed E-state index contributed by atoms with van der Waals surface area (Å²) in [5.41, 5.74) is 0. The van der Waals surface area contributed by atoms with Crippen LogP contribution in [0.2, 0.25) is 56.9 Å². The van der Waals surface area contributed by atoms with Gasteiger partial charge in [-0.05, 0) is 56.5 Å². The Hall–Kier alpha value is 0.311. The van der Waals surface area contributed by atoms with Crippen molar-refractivity contribution in [2.75, 3.05) is 6.61 Å². The van der Waals surface area contributed by atoms with E-state index in [4.69, 9.17) is 4.43 Å². The molecule has 0 spiro atoms. The summed E-state index contributed by atoms with van der Waals surface area (Å²) in [5, 5.41) is 1.88. The summed E-state index contributed by atoms with van der Waals surface area (Å²) in [6.45, 7) is 23.8. The van der Waals surface area contributed by atoms with Crippen molar-refractivity contribution in [2.45, 2.75) is 103 Å². The number of unbranched alkanes of at least 4 members (excludes halogenated alkanes) is 3. The molecule has 0 bridgehead atoms. The summed E-state index contributed by atoms with van der Waals surface area (Å²) in [7, 11) is -4.87. The van der Waals surface area contributed by atoms with Crippen LogP contribution in [0.3, 0.4) is 0 Å². The normalized spacial score (nSPS) is 15.0. The Kier molecular flexibility index (Phi) is 9.43. The van der Waals surface area contributed by atoms with E-state index in [1.165, 1.54) is 19.3 Å². The van der Waals surface area contributed by atoms with Gasteiger partial charge in [0.05, 0.1) is 8.07 Å². The van der Waals surface area contributed by atoms with E-state index < -0.39 is 24.7 Å². The van der Waals surface area contributed by atoms with Crippen LogP contribution in [0, 0.1) is 0 Å². The van der Waals surface area contributed by atoms with Gasteiger partial charge in [0.1, 0.15) is 0 Å². The van der Waals surface area contributed by atoms with Crippen LogP contribution < -0.4 is 0 Å². The molecule has 144 valence electrons. The topological polar surface area (TPSA) is 29.5 Å². The van der Waals surface area contributed by atoms with Crippen molar-refractivity contribution in [2.24, 2.45) is 0 Å². The van der Waals surface area contributed by atoms with Crippen LogP contribution in [0.5, 0.6) is 0 Å². The molecular weight excluding hydrogens is 344 g/mol. The number of hydrogen-bond acceptors (Lipinski definition) is 2. The molecule has 5 heteroatoms. The minimum Gasteiger partial charge on any atom is -0.432 e. The van der Waals surface area contributed by atoms with Crippen LogP contribution in [0.15, 0.2) is 11.3 Å². The molecule has 0 aliphatic carbocycles. The molecule has 0 radical (unpaired) electrons. The first-order valence-electron chi connectivity index (χ1n) is 9.62. The van der Waals surface area contributed by atoms with Crippen molar-refractivity contribution in [3.8, 4) is 0 Å². The highest BCUT2D eigenvalue weighted by Gasteiger charge is 2.36. The van der Waals surface area contributed by atoms with Gasteiger partial charge in [0.15, 0.2) is 16.6 Å². The molecule has 0 saturated heterocycles. The zero-order chi connectivity index (χ0) is 19.2. The third kappa shape index (κ3) is 10.3. The van der Waals surface area contributed by atoms with Crippen LogP contribution in [-0.2, 0) is 4.43 Å². The monoisotopic (exact) mass is 388 g/mol. The molecule has 0 aromatic heterocycles. The Morgan fingerprint density at radius 1 is 0.917 bits per heavy atom. The fourth-order valence-electron chi connectivity index (χ4n) is 2.35. The fourth-order valence-corrected chi connectivity index (χ4v) is 8.69. The van der Waals surface area contributed by atoms with Gasteiger partial charge in [-0.25, -0.2) is 0 Å². The van der Waals surface area contributed by atoms with Crippen molar-refractivity contribution in [3.05, 3.63) is 11.3 Å². The minimum absolute atomic E-state index is 0.308. The molecule has 0 aromatic rings. The summed E-state index contributed by atoms with van der Waals surface area (Å²) in [6.07, 6.45) is 7.26. The van der Waals surface area contributed by atoms with E-state index in [0.717, 1.165) is 19.1 Å². The lowest BCUT2D eigenvalue weighted by atomic mass is 10.2. The van der Waals surface area contributed by atoms with Crippen molar-refractivity contribution in [1.82, 2.24) is 0 Å². The highest BCUT2D eigenvalue weighted by molar-refractivity contribution is 6.85. The summed E-state index contributed by atoms with van der Waals surface area (Å²) < 4.78 is 6.24. The summed E-state index contributed by atoms with van der Waals surface area (Å²) in [4.78, 5) is 10.3. The highest BCUT2D eigenvalue weighted by atomic mass is 28.4. The van der Waals surface area contributed by atoms with E-state index in [9.17, 15) is 4.80 Å². The fraction of sp³-hybridized carbons (Fsp3) is 0.895. The third-order valence-electron chi connectivity index (χ3n) is 5.09. The first-order chi connectivity index (χ1) is 10.6. The van der Waals surface area contributed by atoms with E-state index in [1.807, 2.05) is 0 Å². The lowest BCUT2D eigenvalue weighted by Gasteiger charge is -2.36. The molecule has 0 aliphatic rings. The minimum atomic E-state index is -2.00. The largest absolute Gasteiger partial charge is 0.432 e. The average molecular weight is 389 g/mol. The van der Waals surface area contributed by atoms with Crippen LogP contribution in [0.4, 0.5) is 0 Å². The van der Waals surface area contributed by atoms with Crippen LogP contribution in [0.25, 0.3) is 0 Å². The molecule has 1 N–H and O–H groups in total. The lowest BCUT2D eigenvalue weighted by Crippen LogP contribution is -2.40. The summed E-state index contributed by atoms with van der Waals surface area (Å²) in [6, 6.07) is 0.956. The van der Waals surface area contributed by atoms with Gasteiger partial charge < -0.3 is 9.22 Å². The SMILES string of the molecule is CC(C)(C)[Si](C)(C)OCCCCC/C=C(/C[Si](C)(C)O)[Si](C)(C)C. The molecule has 0 heterocycles. The molecule has 0 amide bonds. The quantitative estimate of drug-likeness (QED) is 0.339. The zero-order valence-corrected chi connectivity index (χ0v) is 21.2. The zero-order valence-electron chi connectivity index (χ0n) is 18.2. The Labute approximate surface area is 155 Å². The smallest absolute Gasteiger partial charge is 0.191 e. The second-order valence-corrected chi connectivity index (χ2v) is 24.4. The molecule has 0 atom stereocenters. The Bertz CT molecular complexity index is 396. The maximum absolute atomic E-state index is 10.3. The molecular formula is C19H44O2Si3. The summed E-state index contributed by atoms with van der Waals surface area (Å²) >= 11 is 0. The van der Waals surface area contributed by atoms with Crippen molar-refractivity contribution in [3.63, 3.8) is 0 Å². The van der Waals surface area contributed by atoms with E-state index in [2.05, 4.69) is 72.7 Å². The Morgan fingerprint density at radius 2 is 1.46 bits per heavy atom. The molecule has 0 fully saturated rings. The van der Waals surface area contributed by atoms with Crippen molar-refractivity contribution >= 4 is 24.7 Å². The van der Waals surface area contributed by atoms with Gasteiger partial charge in [0, 0.05) is 6.61 Å². The van der Waals surface area contributed by atoms with Gasteiger partial charge in [-0.3, -0.25) is 0 Å². The number of allylic oxidation sites excluding steroid dienone is 2. The maximum atomic E-state index is 10.3. The third-order valence-corrected chi connectivity index (χ3v) is 13.5. The van der Waals surface area contributed by atoms with E-state index in [1.54, 1.807) is 5.20 Å². The first kappa shape index (κ1) is 24.3. The van der Waals surface area contributed by atoms with Crippen molar-refractivity contribution in [1.29, 1.82) is 0 Å². The second kappa shape index (κ2) is 9.31. The standard InChI is InChI=1S/C19H44O2Si3/c1-19(2,3)24(9,10)21-16-14-12-11-13-15-18(22(4,5)6)17-23(7,8)20/h15,20H,11-14,16-17H2,1-10H3/b18-15-. The van der Waals surface area contributed by atoms with Gasteiger partial charge in [0.2, 0.25) is 0 Å². The van der Waals surface area contributed by atoms with E-state index in [0.29, 0.717) is 5.04 Å². The predicted molar refractivity (Wildman–Crippen MR) is 118 cm³/mol. The van der Waals surface area contributed by atoms with Crippen LogP contribution in [0.1, 0.15) is 46.5 Å². The maximum Gasteiger partial charge on any atom is 0.191 e. The van der Waals surface area contributed by atoms with E-state index in [-0.39, 0.29) is 0 Å². The van der Waals surface area contributed by atoms with Crippen LogP contribution in [-0.4, -0.2) is 36.1 Å². The molecule has 0 aliphatic heterocycles. The van der Waals surface area contributed by atoms with Gasteiger partial charge >= 0.3 is 0 Å². The molecule has 24 heavy (non-hydrogen) atoms. The first-order valence-corrected chi connectivity index (χ1v) is 19.2. The van der Waals surface area contributed by atoms with Gasteiger partial charge in [0.25, 0.3) is 0 Å². The Morgan fingerprint density at radius 3 is 1.88 bits per heavy atom. The van der Waals surface area contributed by atoms with Gasteiger partial charge in [-0.2, -0.15) is 0 Å². The predicted octanol–water partition coefficient (Wildman–Crippen LogP) is 6.57. The molecule has 0 unspecified atom stereocenters.